The van der Waals surface area contributed by atoms with Crippen LogP contribution in [0.2, 0.25) is 0 Å². The van der Waals surface area contributed by atoms with Gasteiger partial charge in [0, 0.05) is 5.39 Å². The van der Waals surface area contributed by atoms with Crippen molar-refractivity contribution >= 4 is 28.5 Å². The molecule has 1 heterocycles. The molecule has 0 fully saturated rings. The Balaban J connectivity index is 2.02. The molecule has 122 valence electrons. The fraction of sp³-hybridized carbons (Fsp3) is 0.111. The van der Waals surface area contributed by atoms with Gasteiger partial charge in [-0.2, -0.15) is 0 Å². The third kappa shape index (κ3) is 2.81. The number of hydrogen-bond acceptors (Lipinski definition) is 4. The van der Waals surface area contributed by atoms with Gasteiger partial charge in [0.15, 0.2) is 0 Å². The van der Waals surface area contributed by atoms with Crippen molar-refractivity contribution in [3.63, 3.8) is 0 Å². The van der Waals surface area contributed by atoms with Crippen LogP contribution in [0.3, 0.4) is 0 Å². The standard InChI is InChI=1S/C18H16N2O4/c1-2-23-13-9-5-4-8-12(13)18(22)20-15-11-7-3-6-10-14(11)24-16(15)17(19)21/h3-10H,2H2,1H3,(H2,19,21)(H,20,22). The Bertz CT molecular complexity index is 914. The number of primary amides is 1. The first-order chi connectivity index (χ1) is 11.6. The maximum Gasteiger partial charge on any atom is 0.286 e. The van der Waals surface area contributed by atoms with E-state index in [0.29, 0.717) is 28.9 Å². The zero-order valence-corrected chi connectivity index (χ0v) is 13.0. The second-order valence-corrected chi connectivity index (χ2v) is 5.05. The number of ether oxygens (including phenoxy) is 1. The highest BCUT2D eigenvalue weighted by molar-refractivity contribution is 6.14. The second-order valence-electron chi connectivity index (χ2n) is 5.05. The van der Waals surface area contributed by atoms with E-state index in [9.17, 15) is 9.59 Å². The van der Waals surface area contributed by atoms with Crippen LogP contribution in [-0.4, -0.2) is 18.4 Å². The molecule has 0 saturated heterocycles. The van der Waals surface area contributed by atoms with Crippen LogP contribution in [-0.2, 0) is 0 Å². The van der Waals surface area contributed by atoms with Crippen molar-refractivity contribution in [2.75, 3.05) is 11.9 Å². The molecule has 6 nitrogen and oxygen atoms in total. The highest BCUT2D eigenvalue weighted by atomic mass is 16.5. The fourth-order valence-electron chi connectivity index (χ4n) is 2.46. The average Bonchev–Trinajstić information content (AvgIpc) is 2.95. The molecule has 1 aromatic heterocycles. The van der Waals surface area contributed by atoms with E-state index in [4.69, 9.17) is 14.9 Å². The Morgan fingerprint density at radius 2 is 1.83 bits per heavy atom. The van der Waals surface area contributed by atoms with Gasteiger partial charge in [-0.3, -0.25) is 9.59 Å². The number of nitrogens with two attached hydrogens (primary N) is 1. The molecule has 0 unspecified atom stereocenters. The molecule has 2 amide bonds. The molecule has 3 aromatic rings. The summed E-state index contributed by atoms with van der Waals surface area (Å²) in [7, 11) is 0. The highest BCUT2D eigenvalue weighted by Crippen LogP contribution is 2.31. The number of nitrogens with one attached hydrogen (secondary N) is 1. The number of benzene rings is 2. The van der Waals surface area contributed by atoms with Crippen LogP contribution in [0.25, 0.3) is 11.0 Å². The molecule has 0 radical (unpaired) electrons. The lowest BCUT2D eigenvalue weighted by Gasteiger charge is -2.10. The predicted octanol–water partition coefficient (Wildman–Crippen LogP) is 3.18. The molecule has 2 aromatic carbocycles. The summed E-state index contributed by atoms with van der Waals surface area (Å²) in [5, 5.41) is 3.32. The molecule has 0 atom stereocenters. The quantitative estimate of drug-likeness (QED) is 0.753. The van der Waals surface area contributed by atoms with E-state index in [0.717, 1.165) is 0 Å². The molecule has 3 N–H and O–H groups in total. The zero-order chi connectivity index (χ0) is 17.1. The summed E-state index contributed by atoms with van der Waals surface area (Å²) >= 11 is 0. The molecule has 6 heteroatoms. The van der Waals surface area contributed by atoms with Crippen molar-refractivity contribution in [1.29, 1.82) is 0 Å². The van der Waals surface area contributed by atoms with Gasteiger partial charge in [-0.25, -0.2) is 0 Å². The Morgan fingerprint density at radius 1 is 1.12 bits per heavy atom. The molecular weight excluding hydrogens is 308 g/mol. The molecule has 24 heavy (non-hydrogen) atoms. The third-order valence-electron chi connectivity index (χ3n) is 3.49. The Hall–Kier alpha value is -3.28. The minimum absolute atomic E-state index is 0.0848. The third-order valence-corrected chi connectivity index (χ3v) is 3.49. The van der Waals surface area contributed by atoms with E-state index in [-0.39, 0.29) is 11.4 Å². The SMILES string of the molecule is CCOc1ccccc1C(=O)Nc1c(C(N)=O)oc2ccccc12. The summed E-state index contributed by atoms with van der Waals surface area (Å²) in [5.41, 5.74) is 6.45. The molecule has 0 aliphatic rings. The number of hydrogen-bond donors (Lipinski definition) is 2. The number of carbonyl (C=O) groups is 2. The van der Waals surface area contributed by atoms with Gasteiger partial charge in [-0.1, -0.05) is 24.3 Å². The van der Waals surface area contributed by atoms with Crippen molar-refractivity contribution in [3.8, 4) is 5.75 Å². The number of para-hydroxylation sites is 2. The number of anilines is 1. The van der Waals surface area contributed by atoms with Crippen LogP contribution in [0, 0.1) is 0 Å². The maximum atomic E-state index is 12.6. The normalized spacial score (nSPS) is 10.5. The van der Waals surface area contributed by atoms with Gasteiger partial charge >= 0.3 is 0 Å². The first-order valence-electron chi connectivity index (χ1n) is 7.46. The molecule has 3 rings (SSSR count). The first-order valence-corrected chi connectivity index (χ1v) is 7.46. The van der Waals surface area contributed by atoms with Crippen molar-refractivity contribution in [2.24, 2.45) is 5.73 Å². The Kier molecular flexibility index (Phi) is 4.20. The minimum Gasteiger partial charge on any atom is -0.493 e. The molecular formula is C18H16N2O4. The van der Waals surface area contributed by atoms with Gasteiger partial charge in [0.05, 0.1) is 12.2 Å². The van der Waals surface area contributed by atoms with Crippen LogP contribution in [0.5, 0.6) is 5.75 Å². The smallest absolute Gasteiger partial charge is 0.286 e. The molecule has 0 aliphatic carbocycles. The van der Waals surface area contributed by atoms with Crippen LogP contribution >= 0.6 is 0 Å². The molecule has 0 saturated carbocycles. The van der Waals surface area contributed by atoms with Crippen LogP contribution in [0.15, 0.2) is 52.9 Å². The maximum absolute atomic E-state index is 12.6. The minimum atomic E-state index is -0.750. The lowest BCUT2D eigenvalue weighted by atomic mass is 10.1. The zero-order valence-electron chi connectivity index (χ0n) is 13.0. The van der Waals surface area contributed by atoms with E-state index in [1.165, 1.54) is 0 Å². The summed E-state index contributed by atoms with van der Waals surface area (Å²) in [6.45, 7) is 2.27. The van der Waals surface area contributed by atoms with Gasteiger partial charge in [-0.05, 0) is 31.2 Å². The largest absolute Gasteiger partial charge is 0.493 e. The monoisotopic (exact) mass is 324 g/mol. The summed E-state index contributed by atoms with van der Waals surface area (Å²) in [5.74, 6) is -0.780. The van der Waals surface area contributed by atoms with Crippen LogP contribution in [0.1, 0.15) is 27.8 Å². The summed E-state index contributed by atoms with van der Waals surface area (Å²) in [4.78, 5) is 24.3. The topological polar surface area (TPSA) is 94.6 Å². The number of rotatable bonds is 5. The van der Waals surface area contributed by atoms with Gasteiger partial charge in [0.25, 0.3) is 11.8 Å². The van der Waals surface area contributed by atoms with E-state index in [2.05, 4.69) is 5.32 Å². The summed E-state index contributed by atoms with van der Waals surface area (Å²) in [6.07, 6.45) is 0. The average molecular weight is 324 g/mol. The number of furan rings is 1. The van der Waals surface area contributed by atoms with Crippen molar-refractivity contribution in [3.05, 3.63) is 59.9 Å². The molecule has 0 bridgehead atoms. The van der Waals surface area contributed by atoms with Crippen LogP contribution < -0.4 is 15.8 Å². The Morgan fingerprint density at radius 3 is 2.58 bits per heavy atom. The first kappa shape index (κ1) is 15.6. The van der Waals surface area contributed by atoms with Gasteiger partial charge in [0.2, 0.25) is 5.76 Å². The van der Waals surface area contributed by atoms with E-state index in [1.807, 2.05) is 6.92 Å². The Labute approximate surface area is 138 Å². The van der Waals surface area contributed by atoms with Crippen molar-refractivity contribution in [2.45, 2.75) is 6.92 Å². The summed E-state index contributed by atoms with van der Waals surface area (Å²) < 4.78 is 10.9. The number of carbonyl (C=O) groups excluding carboxylic acids is 2. The van der Waals surface area contributed by atoms with E-state index >= 15 is 0 Å². The highest BCUT2D eigenvalue weighted by Gasteiger charge is 2.22. The predicted molar refractivity (Wildman–Crippen MR) is 90.3 cm³/mol. The van der Waals surface area contributed by atoms with E-state index in [1.54, 1.807) is 48.5 Å². The van der Waals surface area contributed by atoms with Gasteiger partial charge in [0.1, 0.15) is 17.0 Å². The second kappa shape index (κ2) is 6.45. The van der Waals surface area contributed by atoms with Gasteiger partial charge < -0.3 is 20.2 Å². The van der Waals surface area contributed by atoms with E-state index < -0.39 is 11.8 Å². The van der Waals surface area contributed by atoms with Crippen LogP contribution in [0.4, 0.5) is 5.69 Å². The fourth-order valence-corrected chi connectivity index (χ4v) is 2.46. The van der Waals surface area contributed by atoms with Crippen molar-refractivity contribution in [1.82, 2.24) is 0 Å². The molecule has 0 spiro atoms. The van der Waals surface area contributed by atoms with Gasteiger partial charge in [-0.15, -0.1) is 0 Å². The lowest BCUT2D eigenvalue weighted by molar-refractivity contribution is 0.0977. The number of amides is 2. The van der Waals surface area contributed by atoms with Crippen molar-refractivity contribution < 1.29 is 18.7 Å². The summed E-state index contributed by atoms with van der Waals surface area (Å²) in [6, 6.07) is 13.9. The number of fused-ring (bicyclic) bond motifs is 1. The lowest BCUT2D eigenvalue weighted by Crippen LogP contribution is -2.17. The molecule has 0 aliphatic heterocycles.